The molecule has 0 saturated carbocycles. The lowest BCUT2D eigenvalue weighted by molar-refractivity contribution is -0.123. The molecule has 1 aromatic carbocycles. The minimum atomic E-state index is -0.0513. The Morgan fingerprint density at radius 2 is 2.00 bits per heavy atom. The van der Waals surface area contributed by atoms with Crippen molar-refractivity contribution >= 4 is 36.3 Å². The molecule has 0 bridgehead atoms. The zero-order valence-corrected chi connectivity index (χ0v) is 14.6. The molecular weight excluding hydrogens is 337 g/mol. The van der Waals surface area contributed by atoms with Crippen LogP contribution in [-0.4, -0.2) is 47.2 Å². The number of pyridine rings is 1. The molecule has 27 heavy (non-hydrogen) atoms. The maximum atomic E-state index is 11.9. The van der Waals surface area contributed by atoms with Crippen LogP contribution in [-0.2, 0) is 4.79 Å². The number of carbonyl (C=O) groups is 1. The Kier molecular flexibility index (Phi) is 4.09. The maximum Gasteiger partial charge on any atom is 0.262 e. The Hall–Kier alpha value is -3.66. The van der Waals surface area contributed by atoms with Gasteiger partial charge in [0, 0.05) is 24.7 Å². The Bertz CT molecular complexity index is 1180. The molecule has 0 saturated heterocycles. The fourth-order valence-corrected chi connectivity index (χ4v) is 2.82. The number of likely N-dealkylation sites (N-methyl/N-ethyl adjacent to an activating group) is 1. The van der Waals surface area contributed by atoms with Gasteiger partial charge in [0.2, 0.25) is 0 Å². The van der Waals surface area contributed by atoms with Gasteiger partial charge >= 0.3 is 0 Å². The van der Waals surface area contributed by atoms with Crippen LogP contribution in [0.1, 0.15) is 5.56 Å². The van der Waals surface area contributed by atoms with E-state index in [9.17, 15) is 4.79 Å². The number of aromatic nitrogens is 3. The summed E-state index contributed by atoms with van der Waals surface area (Å²) >= 11 is 0. The van der Waals surface area contributed by atoms with E-state index in [0.717, 1.165) is 16.8 Å². The maximum absolute atomic E-state index is 11.9. The first-order valence-corrected chi connectivity index (χ1v) is 8.29. The molecule has 1 amide bonds. The van der Waals surface area contributed by atoms with E-state index in [-0.39, 0.29) is 17.4 Å². The standard InChI is InChI=1S/C20H14BN5O/c1-26-10-9-13(19(26)27)6-5-12-3-2-4-14(11-12)15-7-8-16-17(23-15)18(22)25-20(21)24-16/h2-4,7-9,11H,10H2,1H3,(H2,22,24,25). The number of nitrogens with two attached hydrogens (primary N) is 1. The monoisotopic (exact) mass is 351 g/mol. The minimum Gasteiger partial charge on any atom is -0.382 e. The highest BCUT2D eigenvalue weighted by Crippen LogP contribution is 2.22. The average molecular weight is 351 g/mol. The van der Waals surface area contributed by atoms with Gasteiger partial charge in [-0.15, -0.1) is 0 Å². The topological polar surface area (TPSA) is 85.0 Å². The third kappa shape index (κ3) is 3.25. The molecule has 2 aromatic heterocycles. The van der Waals surface area contributed by atoms with E-state index < -0.39 is 0 Å². The lowest BCUT2D eigenvalue weighted by atomic mass is 10.1. The molecule has 0 atom stereocenters. The highest BCUT2D eigenvalue weighted by atomic mass is 16.2. The lowest BCUT2D eigenvalue weighted by Crippen LogP contribution is -2.21. The predicted octanol–water partition coefficient (Wildman–Crippen LogP) is 0.818. The molecule has 2 N–H and O–H groups in total. The van der Waals surface area contributed by atoms with Crippen LogP contribution in [0.4, 0.5) is 5.82 Å². The van der Waals surface area contributed by atoms with E-state index in [2.05, 4.69) is 26.8 Å². The van der Waals surface area contributed by atoms with Crippen molar-refractivity contribution in [3.05, 3.63) is 53.6 Å². The van der Waals surface area contributed by atoms with Gasteiger partial charge in [0.05, 0.1) is 22.5 Å². The molecule has 2 radical (unpaired) electrons. The van der Waals surface area contributed by atoms with Crippen LogP contribution in [0.5, 0.6) is 0 Å². The van der Waals surface area contributed by atoms with Gasteiger partial charge in [0.25, 0.3) is 5.91 Å². The Labute approximate surface area is 157 Å². The van der Waals surface area contributed by atoms with Gasteiger partial charge in [0.1, 0.15) is 5.52 Å². The van der Waals surface area contributed by atoms with Crippen LogP contribution < -0.4 is 11.5 Å². The molecule has 0 aliphatic carbocycles. The van der Waals surface area contributed by atoms with E-state index in [1.54, 1.807) is 11.9 Å². The van der Waals surface area contributed by atoms with Gasteiger partial charge in [-0.2, -0.15) is 0 Å². The van der Waals surface area contributed by atoms with Gasteiger partial charge < -0.3 is 10.6 Å². The third-order valence-electron chi connectivity index (χ3n) is 4.23. The van der Waals surface area contributed by atoms with Crippen molar-refractivity contribution in [3.8, 4) is 23.1 Å². The lowest BCUT2D eigenvalue weighted by Gasteiger charge is -2.06. The van der Waals surface area contributed by atoms with Crippen molar-refractivity contribution in [1.82, 2.24) is 19.9 Å². The zero-order chi connectivity index (χ0) is 19.0. The van der Waals surface area contributed by atoms with E-state index in [1.165, 1.54) is 0 Å². The van der Waals surface area contributed by atoms with Crippen LogP contribution in [0.2, 0.25) is 0 Å². The quantitative estimate of drug-likeness (QED) is 0.518. The van der Waals surface area contributed by atoms with Gasteiger partial charge in [-0.25, -0.2) is 15.0 Å². The first-order chi connectivity index (χ1) is 13.0. The number of amides is 1. The number of nitrogen functional groups attached to an aromatic ring is 1. The number of benzene rings is 1. The molecule has 3 heterocycles. The molecule has 7 heteroatoms. The van der Waals surface area contributed by atoms with Gasteiger partial charge in [-0.3, -0.25) is 4.79 Å². The van der Waals surface area contributed by atoms with E-state index >= 15 is 0 Å². The number of hydrogen-bond acceptors (Lipinski definition) is 5. The van der Waals surface area contributed by atoms with Gasteiger partial charge in [-0.1, -0.05) is 24.0 Å². The van der Waals surface area contributed by atoms with Crippen molar-refractivity contribution in [3.63, 3.8) is 0 Å². The number of nitrogens with zero attached hydrogens (tertiary/aromatic N) is 4. The second kappa shape index (κ2) is 6.58. The van der Waals surface area contributed by atoms with Crippen LogP contribution in [0, 0.1) is 11.8 Å². The van der Waals surface area contributed by atoms with Gasteiger partial charge in [0.15, 0.2) is 13.7 Å². The number of rotatable bonds is 1. The third-order valence-corrected chi connectivity index (χ3v) is 4.23. The molecule has 1 aliphatic rings. The number of fused-ring (bicyclic) bond motifs is 1. The molecule has 3 aromatic rings. The summed E-state index contributed by atoms with van der Waals surface area (Å²) in [7, 11) is 7.37. The van der Waals surface area contributed by atoms with Crippen molar-refractivity contribution in [2.45, 2.75) is 0 Å². The summed E-state index contributed by atoms with van der Waals surface area (Å²) in [5.41, 5.74) is 10.0. The predicted molar refractivity (Wildman–Crippen MR) is 105 cm³/mol. The van der Waals surface area contributed by atoms with Crippen molar-refractivity contribution in [2.24, 2.45) is 0 Å². The van der Waals surface area contributed by atoms with E-state index in [4.69, 9.17) is 13.6 Å². The normalized spacial score (nSPS) is 13.4. The summed E-state index contributed by atoms with van der Waals surface area (Å²) in [6.07, 6.45) is 1.83. The summed E-state index contributed by atoms with van der Waals surface area (Å²) in [5.74, 6) is 6.18. The molecule has 1 aliphatic heterocycles. The van der Waals surface area contributed by atoms with Crippen molar-refractivity contribution in [2.75, 3.05) is 19.3 Å². The van der Waals surface area contributed by atoms with Crippen molar-refractivity contribution < 1.29 is 4.79 Å². The molecule has 0 unspecified atom stereocenters. The van der Waals surface area contributed by atoms with Crippen LogP contribution in [0.3, 0.4) is 0 Å². The highest BCUT2D eigenvalue weighted by molar-refractivity contribution is 6.29. The smallest absolute Gasteiger partial charge is 0.262 e. The zero-order valence-electron chi connectivity index (χ0n) is 14.6. The largest absolute Gasteiger partial charge is 0.382 e. The number of carbonyl (C=O) groups excluding carboxylic acids is 1. The molecule has 0 fully saturated rings. The molecule has 6 nitrogen and oxygen atoms in total. The number of anilines is 1. The second-order valence-corrected chi connectivity index (χ2v) is 6.17. The average Bonchev–Trinajstić information content (AvgIpc) is 2.98. The summed E-state index contributed by atoms with van der Waals surface area (Å²) in [6, 6.07) is 11.3. The van der Waals surface area contributed by atoms with Crippen LogP contribution in [0.25, 0.3) is 22.3 Å². The summed E-state index contributed by atoms with van der Waals surface area (Å²) in [6.45, 7) is 0.595. The fourth-order valence-electron chi connectivity index (χ4n) is 2.82. The molecule has 128 valence electrons. The molecular formula is C20H14BN5O. The Balaban J connectivity index is 1.69. The fraction of sp³-hybridized carbons (Fsp3) is 0.100. The number of hydrogen-bond donors (Lipinski definition) is 1. The van der Waals surface area contributed by atoms with E-state index in [0.29, 0.717) is 23.2 Å². The molecule has 4 rings (SSSR count). The molecule has 0 spiro atoms. The van der Waals surface area contributed by atoms with Crippen LogP contribution >= 0.6 is 0 Å². The van der Waals surface area contributed by atoms with Crippen molar-refractivity contribution in [1.29, 1.82) is 0 Å². The Morgan fingerprint density at radius 1 is 1.15 bits per heavy atom. The van der Waals surface area contributed by atoms with E-state index in [1.807, 2.05) is 42.5 Å². The summed E-state index contributed by atoms with van der Waals surface area (Å²) in [5, 5.41) is 0. The second-order valence-electron chi connectivity index (χ2n) is 6.17. The van der Waals surface area contributed by atoms with Gasteiger partial charge in [-0.05, 0) is 30.3 Å². The summed E-state index contributed by atoms with van der Waals surface area (Å²) in [4.78, 5) is 26.2. The minimum absolute atomic E-state index is 0.0513. The SMILES string of the molecule is [B]c1nc(N)c2nc(-c3cccc(C#CC4=CCN(C)C4=O)c3)ccc2n1. The first kappa shape index (κ1) is 16.8. The Morgan fingerprint density at radius 3 is 2.78 bits per heavy atom. The summed E-state index contributed by atoms with van der Waals surface area (Å²) < 4.78 is 0. The first-order valence-electron chi connectivity index (χ1n) is 8.29. The van der Waals surface area contributed by atoms with Crippen LogP contribution in [0.15, 0.2) is 48.0 Å². The highest BCUT2D eigenvalue weighted by Gasteiger charge is 2.18.